The fraction of sp³-hybridized carbons (Fsp3) is 0.481. The fourth-order valence-electron chi connectivity index (χ4n) is 6.89. The van der Waals surface area contributed by atoms with Crippen molar-refractivity contribution >= 4 is 36.6 Å². The minimum atomic E-state index is -0.735. The average Bonchev–Trinajstić information content (AvgIpc) is 2.76. The number of carbonyl (C=O) groups excluding carboxylic acids is 1. The van der Waals surface area contributed by atoms with Crippen molar-refractivity contribution in [2.24, 2.45) is 23.7 Å². The first-order valence-corrected chi connectivity index (χ1v) is 12.8. The van der Waals surface area contributed by atoms with Crippen molar-refractivity contribution in [2.75, 3.05) is 0 Å². The van der Waals surface area contributed by atoms with Gasteiger partial charge in [-0.15, -0.1) is 0 Å². The summed E-state index contributed by atoms with van der Waals surface area (Å²) in [6.07, 6.45) is 6.41. The number of fused-ring (bicyclic) bond motifs is 2. The molecule has 4 bridgehead atoms. The van der Waals surface area contributed by atoms with E-state index < -0.39 is 15.2 Å². The monoisotopic (exact) mass is 433 g/mol. The van der Waals surface area contributed by atoms with Gasteiger partial charge in [0, 0.05) is 24.3 Å². The van der Waals surface area contributed by atoms with Crippen molar-refractivity contribution in [1.29, 1.82) is 0 Å². The first-order valence-electron chi connectivity index (χ1n) is 11.6. The van der Waals surface area contributed by atoms with E-state index in [1.165, 1.54) is 32.1 Å². The van der Waals surface area contributed by atoms with Crippen LogP contribution in [0.25, 0.3) is 20.2 Å². The van der Waals surface area contributed by atoms with E-state index in [0.29, 0.717) is 11.8 Å². The van der Waals surface area contributed by atoms with Gasteiger partial charge in [0.1, 0.15) is 6.10 Å². The Bertz CT molecular complexity index is 1170. The molecule has 31 heavy (non-hydrogen) atoms. The van der Waals surface area contributed by atoms with Gasteiger partial charge in [-0.1, -0.05) is 24.3 Å². The maximum Gasteiger partial charge on any atom is 0.367 e. The van der Waals surface area contributed by atoms with Gasteiger partial charge in [-0.3, -0.25) is 4.79 Å². The van der Waals surface area contributed by atoms with E-state index in [-0.39, 0.29) is 17.5 Å². The number of ether oxygens (including phenoxy) is 1. The summed E-state index contributed by atoms with van der Waals surface area (Å²) in [4.78, 5) is 26.9. The predicted octanol–water partition coefficient (Wildman–Crippen LogP) is 6.21. The molecular formula is C27H29O3S+. The van der Waals surface area contributed by atoms with Gasteiger partial charge >= 0.3 is 5.97 Å². The molecule has 0 amide bonds. The van der Waals surface area contributed by atoms with Gasteiger partial charge in [-0.2, -0.15) is 0 Å². The first-order chi connectivity index (χ1) is 14.9. The number of rotatable bonds is 3. The van der Waals surface area contributed by atoms with Gasteiger partial charge in [0.15, 0.2) is 9.40 Å². The zero-order valence-corrected chi connectivity index (χ0v) is 19.0. The van der Waals surface area contributed by atoms with Gasteiger partial charge in [0.25, 0.3) is 0 Å². The highest BCUT2D eigenvalue weighted by Gasteiger charge is 2.52. The van der Waals surface area contributed by atoms with Crippen LogP contribution in [0.4, 0.5) is 0 Å². The molecule has 4 fully saturated rings. The standard InChI is InChI=1S/C27H29O3S/c1-27(2,26(29)30-25-18-12-16-11-17(14-18)15-19(25)13-16)31-22-9-5-3-7-20(22)24(28)21-8-4-6-10-23(21)31/h3-10,16-19,25H,11-15H2,1-2H3/q+1. The number of hydrogen-bond acceptors (Lipinski definition) is 3. The van der Waals surface area contributed by atoms with Crippen LogP contribution in [-0.4, -0.2) is 12.1 Å². The highest BCUT2D eigenvalue weighted by atomic mass is 32.2. The molecule has 0 spiro atoms. The normalized spacial score (nSPS) is 29.5. The molecule has 4 heteroatoms. The Morgan fingerprint density at radius 2 is 1.32 bits per heavy atom. The van der Waals surface area contributed by atoms with Crippen LogP contribution in [0.3, 0.4) is 0 Å². The molecule has 4 aliphatic rings. The van der Waals surface area contributed by atoms with Crippen molar-refractivity contribution in [3.8, 4) is 0 Å². The molecular weight excluding hydrogens is 404 g/mol. The molecule has 3 nitrogen and oxygen atoms in total. The lowest BCUT2D eigenvalue weighted by Gasteiger charge is -2.53. The number of carbonyl (C=O) groups is 1. The summed E-state index contributed by atoms with van der Waals surface area (Å²) in [5.74, 6) is 2.71. The topological polar surface area (TPSA) is 43.4 Å². The lowest BCUT2D eigenvalue weighted by molar-refractivity contribution is -0.174. The molecule has 0 N–H and O–H groups in total. The van der Waals surface area contributed by atoms with E-state index in [9.17, 15) is 9.59 Å². The molecule has 3 aromatic rings. The highest BCUT2D eigenvalue weighted by Crippen LogP contribution is 2.55. The third-order valence-corrected chi connectivity index (χ3v) is 10.9. The lowest BCUT2D eigenvalue weighted by Crippen LogP contribution is -2.51. The summed E-state index contributed by atoms with van der Waals surface area (Å²) >= 11 is 0. The summed E-state index contributed by atoms with van der Waals surface area (Å²) in [6, 6.07) is 15.6. The number of benzene rings is 2. The second-order valence-corrected chi connectivity index (χ2v) is 13.0. The van der Waals surface area contributed by atoms with E-state index in [0.717, 1.165) is 32.0 Å². The molecule has 0 aliphatic heterocycles. The van der Waals surface area contributed by atoms with Gasteiger partial charge in [0.05, 0.1) is 10.8 Å². The predicted molar refractivity (Wildman–Crippen MR) is 126 cm³/mol. The SMILES string of the molecule is CC(C)(C(=O)OC1C2CC3CC(C2)CC1C3)[s+]1c2ccccc2c(=O)c2ccccc21. The van der Waals surface area contributed by atoms with Crippen molar-refractivity contribution in [3.63, 3.8) is 0 Å². The van der Waals surface area contributed by atoms with Crippen molar-refractivity contribution in [1.82, 2.24) is 0 Å². The third kappa shape index (κ3) is 2.91. The first kappa shape index (κ1) is 19.5. The van der Waals surface area contributed by atoms with E-state index >= 15 is 0 Å². The second kappa shape index (κ2) is 6.90. The molecule has 0 radical (unpaired) electrons. The van der Waals surface area contributed by atoms with Gasteiger partial charge in [-0.05, 0) is 80.0 Å². The second-order valence-electron chi connectivity index (χ2n) is 10.4. The Labute approximate surface area is 185 Å². The van der Waals surface area contributed by atoms with Gasteiger partial charge < -0.3 is 4.74 Å². The molecule has 2 aromatic carbocycles. The zero-order chi connectivity index (χ0) is 21.3. The Balaban J connectivity index is 1.44. The van der Waals surface area contributed by atoms with Crippen molar-refractivity contribution < 1.29 is 9.53 Å². The average molecular weight is 434 g/mol. The molecule has 0 saturated heterocycles. The molecule has 4 aliphatic carbocycles. The molecule has 0 atom stereocenters. The largest absolute Gasteiger partial charge is 0.458 e. The summed E-state index contributed by atoms with van der Waals surface area (Å²) in [7, 11) is -0.560. The zero-order valence-electron chi connectivity index (χ0n) is 18.2. The summed E-state index contributed by atoms with van der Waals surface area (Å²) < 4.78 is 7.59. The maximum atomic E-state index is 13.8. The van der Waals surface area contributed by atoms with Crippen LogP contribution in [0.1, 0.15) is 46.0 Å². The van der Waals surface area contributed by atoms with Crippen LogP contribution in [-0.2, 0) is 14.3 Å². The van der Waals surface area contributed by atoms with Crippen LogP contribution in [0.15, 0.2) is 53.3 Å². The minimum Gasteiger partial charge on any atom is -0.458 e. The summed E-state index contributed by atoms with van der Waals surface area (Å²) in [6.45, 7) is 4.02. The molecule has 0 unspecified atom stereocenters. The minimum absolute atomic E-state index is 0.0557. The molecule has 1 aromatic heterocycles. The smallest absolute Gasteiger partial charge is 0.367 e. The molecule has 7 rings (SSSR count). The Hall–Kier alpha value is -2.20. The van der Waals surface area contributed by atoms with Crippen molar-refractivity contribution in [2.45, 2.75) is 56.8 Å². The van der Waals surface area contributed by atoms with Crippen LogP contribution in [0.2, 0.25) is 0 Å². The third-order valence-electron chi connectivity index (χ3n) is 8.09. The summed E-state index contributed by atoms with van der Waals surface area (Å²) in [5, 5.41) is 1.44. The quantitative estimate of drug-likeness (QED) is 0.280. The summed E-state index contributed by atoms with van der Waals surface area (Å²) in [5.41, 5.74) is 0.0557. The molecule has 4 saturated carbocycles. The highest BCUT2D eigenvalue weighted by molar-refractivity contribution is 7.44. The van der Waals surface area contributed by atoms with Crippen LogP contribution >= 0.6 is 10.5 Å². The number of hydrogen-bond donors (Lipinski definition) is 0. The van der Waals surface area contributed by atoms with E-state index in [2.05, 4.69) is 0 Å². The Morgan fingerprint density at radius 1 is 0.839 bits per heavy atom. The molecule has 160 valence electrons. The molecule has 1 heterocycles. The number of esters is 1. The van der Waals surface area contributed by atoms with Gasteiger partial charge in [0.2, 0.25) is 10.2 Å². The van der Waals surface area contributed by atoms with E-state index in [1.807, 2.05) is 62.4 Å². The van der Waals surface area contributed by atoms with Crippen LogP contribution < -0.4 is 5.43 Å². The lowest BCUT2D eigenvalue weighted by atomic mass is 9.55. The fourth-order valence-corrected chi connectivity index (χ4v) is 9.64. The van der Waals surface area contributed by atoms with E-state index in [1.54, 1.807) is 0 Å². The van der Waals surface area contributed by atoms with Crippen LogP contribution in [0.5, 0.6) is 0 Å². The van der Waals surface area contributed by atoms with Crippen LogP contribution in [0, 0.1) is 23.7 Å². The van der Waals surface area contributed by atoms with E-state index in [4.69, 9.17) is 4.74 Å². The van der Waals surface area contributed by atoms with Gasteiger partial charge in [-0.25, -0.2) is 4.79 Å². The maximum absolute atomic E-state index is 13.8. The Kier molecular flexibility index (Phi) is 4.34. The van der Waals surface area contributed by atoms with Crippen molar-refractivity contribution in [3.05, 3.63) is 58.8 Å². The Morgan fingerprint density at radius 3 is 1.84 bits per heavy atom.